The fourth-order valence-corrected chi connectivity index (χ4v) is 3.70. The average Bonchev–Trinajstić information content (AvgIpc) is 3.39. The molecule has 3 aromatic rings. The van der Waals surface area contributed by atoms with E-state index in [0.29, 0.717) is 30.8 Å². The fourth-order valence-electron chi connectivity index (χ4n) is 3.70. The number of aromatic nitrogens is 1. The Morgan fingerprint density at radius 1 is 1.10 bits per heavy atom. The number of methoxy groups -OCH3 is 1. The van der Waals surface area contributed by atoms with E-state index in [2.05, 4.69) is 5.32 Å². The van der Waals surface area contributed by atoms with Gasteiger partial charge in [-0.25, -0.2) is 0 Å². The smallest absolute Gasteiger partial charge is 0.247 e. The number of ether oxygens (including phenoxy) is 1. The van der Waals surface area contributed by atoms with Crippen LogP contribution in [0.15, 0.2) is 73.1 Å². The molecule has 1 aliphatic heterocycles. The van der Waals surface area contributed by atoms with Gasteiger partial charge >= 0.3 is 0 Å². The average molecular weight is 389 g/mol. The maximum Gasteiger partial charge on any atom is 0.247 e. The summed E-state index contributed by atoms with van der Waals surface area (Å²) in [6, 6.07) is 18.6. The molecule has 29 heavy (non-hydrogen) atoms. The molecule has 6 heteroatoms. The quantitative estimate of drug-likeness (QED) is 0.700. The number of hydrogen-bond donors (Lipinski definition) is 1. The second kappa shape index (κ2) is 8.22. The lowest BCUT2D eigenvalue weighted by molar-refractivity contribution is -0.133. The number of para-hydroxylation sites is 1. The number of amides is 2. The van der Waals surface area contributed by atoms with Crippen LogP contribution in [0.2, 0.25) is 0 Å². The van der Waals surface area contributed by atoms with Crippen molar-refractivity contribution in [2.24, 2.45) is 0 Å². The first kappa shape index (κ1) is 18.8. The fraction of sp³-hybridized carbons (Fsp3) is 0.217. The third-order valence-electron chi connectivity index (χ3n) is 5.18. The first-order chi connectivity index (χ1) is 14.2. The minimum absolute atomic E-state index is 0.0165. The van der Waals surface area contributed by atoms with Gasteiger partial charge in [0.2, 0.25) is 11.8 Å². The van der Waals surface area contributed by atoms with Gasteiger partial charge in [0.25, 0.3) is 0 Å². The largest absolute Gasteiger partial charge is 0.496 e. The molecular weight excluding hydrogens is 366 g/mol. The van der Waals surface area contributed by atoms with Crippen molar-refractivity contribution in [3.8, 4) is 11.4 Å². The van der Waals surface area contributed by atoms with Crippen molar-refractivity contribution in [3.63, 3.8) is 0 Å². The predicted octanol–water partition coefficient (Wildman–Crippen LogP) is 3.62. The lowest BCUT2D eigenvalue weighted by atomic mass is 10.1. The molecule has 1 aromatic heterocycles. The lowest BCUT2D eigenvalue weighted by Gasteiger charge is -2.25. The van der Waals surface area contributed by atoms with Crippen molar-refractivity contribution in [2.45, 2.75) is 25.4 Å². The Hall–Kier alpha value is -3.54. The molecule has 0 radical (unpaired) electrons. The van der Waals surface area contributed by atoms with Crippen molar-refractivity contribution in [1.82, 2.24) is 9.47 Å². The maximum atomic E-state index is 13.0. The number of anilines is 1. The first-order valence-corrected chi connectivity index (χ1v) is 9.61. The normalized spacial score (nSPS) is 16.1. The van der Waals surface area contributed by atoms with Crippen LogP contribution in [-0.2, 0) is 16.1 Å². The summed E-state index contributed by atoms with van der Waals surface area (Å²) in [6.07, 6.45) is 4.78. The third-order valence-corrected chi connectivity index (χ3v) is 5.18. The van der Waals surface area contributed by atoms with Crippen LogP contribution in [0.4, 0.5) is 5.69 Å². The summed E-state index contributed by atoms with van der Waals surface area (Å²) >= 11 is 0. The highest BCUT2D eigenvalue weighted by molar-refractivity contribution is 5.99. The van der Waals surface area contributed by atoms with Gasteiger partial charge in [-0.15, -0.1) is 0 Å². The molecule has 2 heterocycles. The van der Waals surface area contributed by atoms with E-state index in [-0.39, 0.29) is 11.8 Å². The molecule has 4 rings (SSSR count). The van der Waals surface area contributed by atoms with E-state index >= 15 is 0 Å². The van der Waals surface area contributed by atoms with Crippen LogP contribution in [0.5, 0.6) is 5.75 Å². The lowest BCUT2D eigenvalue weighted by Crippen LogP contribution is -2.41. The Bertz CT molecular complexity index is 1010. The number of carbonyl (C=O) groups is 2. The molecule has 1 saturated heterocycles. The number of nitrogens with zero attached hydrogens (tertiary/aromatic N) is 2. The zero-order valence-corrected chi connectivity index (χ0v) is 16.2. The van der Waals surface area contributed by atoms with E-state index in [1.54, 1.807) is 12.0 Å². The second-order valence-corrected chi connectivity index (χ2v) is 7.02. The van der Waals surface area contributed by atoms with Crippen molar-refractivity contribution in [3.05, 3.63) is 78.6 Å². The summed E-state index contributed by atoms with van der Waals surface area (Å²) < 4.78 is 7.36. The Morgan fingerprint density at radius 3 is 2.69 bits per heavy atom. The Balaban J connectivity index is 1.50. The highest BCUT2D eigenvalue weighted by atomic mass is 16.5. The van der Waals surface area contributed by atoms with Crippen LogP contribution in [0.3, 0.4) is 0 Å². The van der Waals surface area contributed by atoms with E-state index < -0.39 is 6.04 Å². The van der Waals surface area contributed by atoms with Gasteiger partial charge in [0, 0.05) is 35.8 Å². The number of benzene rings is 2. The molecule has 0 saturated carbocycles. The molecule has 1 N–H and O–H groups in total. The van der Waals surface area contributed by atoms with Crippen LogP contribution in [0.25, 0.3) is 5.69 Å². The van der Waals surface area contributed by atoms with Gasteiger partial charge in [-0.05, 0) is 42.8 Å². The first-order valence-electron chi connectivity index (χ1n) is 9.61. The zero-order chi connectivity index (χ0) is 20.2. The standard InChI is InChI=1S/C23H23N3O3/c1-29-21-10-3-2-7-17(21)16-26-20(11-12-22(26)27)23(28)24-18-8-6-9-19(15-18)25-13-4-5-14-25/h2-10,13-15,20H,11-12,16H2,1H3,(H,24,28). The van der Waals surface area contributed by atoms with E-state index in [9.17, 15) is 9.59 Å². The topological polar surface area (TPSA) is 63.6 Å². The highest BCUT2D eigenvalue weighted by Crippen LogP contribution is 2.27. The molecule has 0 spiro atoms. The molecule has 1 unspecified atom stereocenters. The second-order valence-electron chi connectivity index (χ2n) is 7.02. The predicted molar refractivity (Wildman–Crippen MR) is 111 cm³/mol. The van der Waals surface area contributed by atoms with Gasteiger partial charge in [-0.1, -0.05) is 24.3 Å². The Labute approximate surface area is 169 Å². The van der Waals surface area contributed by atoms with Gasteiger partial charge in [-0.2, -0.15) is 0 Å². The number of rotatable bonds is 6. The monoisotopic (exact) mass is 389 g/mol. The highest BCUT2D eigenvalue weighted by Gasteiger charge is 2.36. The molecule has 1 aliphatic rings. The molecule has 6 nitrogen and oxygen atoms in total. The van der Waals surface area contributed by atoms with E-state index in [4.69, 9.17) is 4.74 Å². The molecule has 2 amide bonds. The van der Waals surface area contributed by atoms with Gasteiger partial charge in [0.1, 0.15) is 11.8 Å². The van der Waals surface area contributed by atoms with Gasteiger partial charge in [0.15, 0.2) is 0 Å². The molecular formula is C23H23N3O3. The third kappa shape index (κ3) is 4.01. The van der Waals surface area contributed by atoms with Crippen molar-refractivity contribution in [1.29, 1.82) is 0 Å². The van der Waals surface area contributed by atoms with Crippen LogP contribution in [-0.4, -0.2) is 34.4 Å². The van der Waals surface area contributed by atoms with Crippen LogP contribution >= 0.6 is 0 Å². The number of hydrogen-bond acceptors (Lipinski definition) is 3. The molecule has 0 aliphatic carbocycles. The molecule has 0 bridgehead atoms. The Kier molecular flexibility index (Phi) is 5.33. The SMILES string of the molecule is COc1ccccc1CN1C(=O)CCC1C(=O)Nc1cccc(-n2cccc2)c1. The van der Waals surface area contributed by atoms with Gasteiger partial charge in [0.05, 0.1) is 13.7 Å². The Morgan fingerprint density at radius 2 is 1.90 bits per heavy atom. The molecule has 1 atom stereocenters. The van der Waals surface area contributed by atoms with Crippen LogP contribution in [0, 0.1) is 0 Å². The minimum atomic E-state index is -0.498. The minimum Gasteiger partial charge on any atom is -0.496 e. The number of likely N-dealkylation sites (tertiary alicyclic amines) is 1. The van der Waals surface area contributed by atoms with Gasteiger partial charge in [-0.3, -0.25) is 9.59 Å². The van der Waals surface area contributed by atoms with Crippen molar-refractivity contribution < 1.29 is 14.3 Å². The van der Waals surface area contributed by atoms with Crippen LogP contribution < -0.4 is 10.1 Å². The summed E-state index contributed by atoms with van der Waals surface area (Å²) in [7, 11) is 1.60. The maximum absolute atomic E-state index is 13.0. The molecule has 148 valence electrons. The summed E-state index contributed by atoms with van der Waals surface area (Å²) in [6.45, 7) is 0.352. The number of carbonyl (C=O) groups excluding carboxylic acids is 2. The van der Waals surface area contributed by atoms with Gasteiger partial charge < -0.3 is 19.5 Å². The summed E-state index contributed by atoms with van der Waals surface area (Å²) in [5.74, 6) is 0.526. The van der Waals surface area contributed by atoms with Crippen molar-refractivity contribution >= 4 is 17.5 Å². The summed E-state index contributed by atoms with van der Waals surface area (Å²) in [5, 5.41) is 2.97. The van der Waals surface area contributed by atoms with E-state index in [0.717, 1.165) is 11.3 Å². The molecule has 1 fully saturated rings. The number of nitrogens with one attached hydrogen (secondary N) is 1. The summed E-state index contributed by atoms with van der Waals surface area (Å²) in [5.41, 5.74) is 2.55. The van der Waals surface area contributed by atoms with E-state index in [1.165, 1.54) is 0 Å². The van der Waals surface area contributed by atoms with Crippen molar-refractivity contribution in [2.75, 3.05) is 12.4 Å². The molecule has 2 aromatic carbocycles. The summed E-state index contributed by atoms with van der Waals surface area (Å²) in [4.78, 5) is 27.1. The zero-order valence-electron chi connectivity index (χ0n) is 16.2. The van der Waals surface area contributed by atoms with Crippen LogP contribution in [0.1, 0.15) is 18.4 Å². The van der Waals surface area contributed by atoms with E-state index in [1.807, 2.05) is 77.6 Å².